The Bertz CT molecular complexity index is 337. The molecule has 0 saturated heterocycles. The standard InChI is InChI=1S/C12H21N3O/c1-9(2)12(3,4)7-13-10-6-11(16-5)15-8-14-10/h6,8-9H,7H2,1-5H3,(H,13,14,15). The van der Waals surface area contributed by atoms with Crippen LogP contribution in [0, 0.1) is 11.3 Å². The summed E-state index contributed by atoms with van der Waals surface area (Å²) in [5.41, 5.74) is 0.234. The molecule has 0 saturated carbocycles. The van der Waals surface area contributed by atoms with Gasteiger partial charge in [-0.25, -0.2) is 9.97 Å². The van der Waals surface area contributed by atoms with Crippen LogP contribution < -0.4 is 10.1 Å². The SMILES string of the molecule is COc1cc(NCC(C)(C)C(C)C)ncn1. The second-order valence-electron chi connectivity index (χ2n) is 4.94. The maximum atomic E-state index is 5.04. The Morgan fingerprint density at radius 1 is 1.38 bits per heavy atom. The minimum atomic E-state index is 0.234. The van der Waals surface area contributed by atoms with Crippen molar-refractivity contribution in [1.82, 2.24) is 9.97 Å². The predicted molar refractivity (Wildman–Crippen MR) is 65.7 cm³/mol. The second kappa shape index (κ2) is 5.14. The fraction of sp³-hybridized carbons (Fsp3) is 0.667. The van der Waals surface area contributed by atoms with E-state index < -0.39 is 0 Å². The summed E-state index contributed by atoms with van der Waals surface area (Å²) >= 11 is 0. The lowest BCUT2D eigenvalue weighted by Crippen LogP contribution is -2.28. The molecule has 1 aromatic heterocycles. The van der Waals surface area contributed by atoms with Crippen LogP contribution in [-0.4, -0.2) is 23.6 Å². The molecule has 1 heterocycles. The highest BCUT2D eigenvalue weighted by Gasteiger charge is 2.21. The third-order valence-corrected chi connectivity index (χ3v) is 3.14. The van der Waals surface area contributed by atoms with Gasteiger partial charge in [-0.15, -0.1) is 0 Å². The zero-order valence-corrected chi connectivity index (χ0v) is 10.7. The fourth-order valence-electron chi connectivity index (χ4n) is 1.07. The number of anilines is 1. The monoisotopic (exact) mass is 223 g/mol. The van der Waals surface area contributed by atoms with E-state index in [4.69, 9.17) is 4.74 Å². The summed E-state index contributed by atoms with van der Waals surface area (Å²) in [6, 6.07) is 1.80. The van der Waals surface area contributed by atoms with Crippen molar-refractivity contribution in [3.05, 3.63) is 12.4 Å². The van der Waals surface area contributed by atoms with Crippen molar-refractivity contribution in [3.8, 4) is 5.88 Å². The Morgan fingerprint density at radius 2 is 2.06 bits per heavy atom. The molecule has 4 heteroatoms. The highest BCUT2D eigenvalue weighted by Crippen LogP contribution is 2.26. The van der Waals surface area contributed by atoms with E-state index >= 15 is 0 Å². The Balaban J connectivity index is 2.60. The molecule has 1 N–H and O–H groups in total. The lowest BCUT2D eigenvalue weighted by atomic mass is 9.81. The number of rotatable bonds is 5. The molecular formula is C12H21N3O. The molecule has 16 heavy (non-hydrogen) atoms. The summed E-state index contributed by atoms with van der Waals surface area (Å²) in [4.78, 5) is 8.11. The van der Waals surface area contributed by atoms with Gasteiger partial charge in [0.2, 0.25) is 5.88 Å². The normalized spacial score (nSPS) is 11.6. The molecule has 0 aliphatic heterocycles. The molecule has 1 aromatic rings. The number of hydrogen-bond acceptors (Lipinski definition) is 4. The Hall–Kier alpha value is -1.32. The van der Waals surface area contributed by atoms with Gasteiger partial charge in [0.1, 0.15) is 12.1 Å². The van der Waals surface area contributed by atoms with Crippen LogP contribution in [-0.2, 0) is 0 Å². The molecule has 0 atom stereocenters. The van der Waals surface area contributed by atoms with E-state index in [-0.39, 0.29) is 5.41 Å². The van der Waals surface area contributed by atoms with E-state index in [1.165, 1.54) is 6.33 Å². The Morgan fingerprint density at radius 3 is 2.62 bits per heavy atom. The van der Waals surface area contributed by atoms with Crippen molar-refractivity contribution in [3.63, 3.8) is 0 Å². The molecule has 4 nitrogen and oxygen atoms in total. The first-order valence-corrected chi connectivity index (χ1v) is 5.55. The molecule has 0 fully saturated rings. The van der Waals surface area contributed by atoms with E-state index in [0.29, 0.717) is 11.8 Å². The van der Waals surface area contributed by atoms with Crippen LogP contribution in [0.4, 0.5) is 5.82 Å². The average molecular weight is 223 g/mol. The number of nitrogens with one attached hydrogen (secondary N) is 1. The minimum absolute atomic E-state index is 0.234. The summed E-state index contributed by atoms with van der Waals surface area (Å²) in [5, 5.41) is 3.31. The van der Waals surface area contributed by atoms with Gasteiger partial charge in [-0.1, -0.05) is 27.7 Å². The number of nitrogens with zero attached hydrogens (tertiary/aromatic N) is 2. The van der Waals surface area contributed by atoms with Gasteiger partial charge in [0.15, 0.2) is 0 Å². The summed E-state index contributed by atoms with van der Waals surface area (Å²) in [5.74, 6) is 2.00. The van der Waals surface area contributed by atoms with Gasteiger partial charge in [0.05, 0.1) is 7.11 Å². The van der Waals surface area contributed by atoms with Crippen LogP contribution in [0.1, 0.15) is 27.7 Å². The van der Waals surface area contributed by atoms with E-state index in [1.807, 2.05) is 0 Å². The first kappa shape index (κ1) is 12.7. The van der Waals surface area contributed by atoms with Crippen molar-refractivity contribution in [2.45, 2.75) is 27.7 Å². The minimum Gasteiger partial charge on any atom is -0.481 e. The van der Waals surface area contributed by atoms with Gasteiger partial charge in [-0.2, -0.15) is 0 Å². The molecule has 0 radical (unpaired) electrons. The van der Waals surface area contributed by atoms with Crippen LogP contribution in [0.5, 0.6) is 5.88 Å². The van der Waals surface area contributed by atoms with Crippen molar-refractivity contribution in [1.29, 1.82) is 0 Å². The second-order valence-corrected chi connectivity index (χ2v) is 4.94. The maximum Gasteiger partial charge on any atom is 0.218 e. The Kier molecular flexibility index (Phi) is 4.10. The largest absolute Gasteiger partial charge is 0.481 e. The molecule has 0 unspecified atom stereocenters. The van der Waals surface area contributed by atoms with E-state index in [0.717, 1.165) is 12.4 Å². The van der Waals surface area contributed by atoms with Crippen LogP contribution in [0.3, 0.4) is 0 Å². The van der Waals surface area contributed by atoms with Gasteiger partial charge in [0.25, 0.3) is 0 Å². The molecule has 0 spiro atoms. The van der Waals surface area contributed by atoms with Crippen LogP contribution >= 0.6 is 0 Å². The molecule has 1 rings (SSSR count). The quantitative estimate of drug-likeness (QED) is 0.833. The van der Waals surface area contributed by atoms with Gasteiger partial charge >= 0.3 is 0 Å². The fourth-order valence-corrected chi connectivity index (χ4v) is 1.07. The molecule has 0 bridgehead atoms. The van der Waals surface area contributed by atoms with Crippen molar-refractivity contribution in [2.75, 3.05) is 19.0 Å². The summed E-state index contributed by atoms with van der Waals surface area (Å²) in [6.07, 6.45) is 1.50. The van der Waals surface area contributed by atoms with Crippen molar-refractivity contribution >= 4 is 5.82 Å². The number of methoxy groups -OCH3 is 1. The topological polar surface area (TPSA) is 47.0 Å². The van der Waals surface area contributed by atoms with Crippen molar-refractivity contribution < 1.29 is 4.74 Å². The molecular weight excluding hydrogens is 202 g/mol. The third-order valence-electron chi connectivity index (χ3n) is 3.14. The maximum absolute atomic E-state index is 5.04. The van der Waals surface area contributed by atoms with E-state index in [9.17, 15) is 0 Å². The molecule has 0 aliphatic carbocycles. The molecule has 0 aromatic carbocycles. The lowest BCUT2D eigenvalue weighted by Gasteiger charge is -2.29. The van der Waals surface area contributed by atoms with E-state index in [2.05, 4.69) is 43.0 Å². The molecule has 0 amide bonds. The number of hydrogen-bond donors (Lipinski definition) is 1. The van der Waals surface area contributed by atoms with Crippen LogP contribution in [0.25, 0.3) is 0 Å². The third kappa shape index (κ3) is 3.36. The van der Waals surface area contributed by atoms with Crippen molar-refractivity contribution in [2.24, 2.45) is 11.3 Å². The van der Waals surface area contributed by atoms with Gasteiger partial charge in [0, 0.05) is 12.6 Å². The van der Waals surface area contributed by atoms with E-state index in [1.54, 1.807) is 13.2 Å². The molecule has 90 valence electrons. The zero-order valence-electron chi connectivity index (χ0n) is 10.7. The summed E-state index contributed by atoms with van der Waals surface area (Å²) in [7, 11) is 1.60. The highest BCUT2D eigenvalue weighted by molar-refractivity contribution is 5.37. The molecule has 0 aliphatic rings. The summed E-state index contributed by atoms with van der Waals surface area (Å²) < 4.78 is 5.04. The Labute approximate surface area is 97.5 Å². The average Bonchev–Trinajstić information content (AvgIpc) is 2.26. The van der Waals surface area contributed by atoms with Gasteiger partial charge < -0.3 is 10.1 Å². The van der Waals surface area contributed by atoms with Gasteiger partial charge in [-0.05, 0) is 11.3 Å². The van der Waals surface area contributed by atoms with Crippen LogP contribution in [0.15, 0.2) is 12.4 Å². The van der Waals surface area contributed by atoms with Gasteiger partial charge in [-0.3, -0.25) is 0 Å². The number of aromatic nitrogens is 2. The highest BCUT2D eigenvalue weighted by atomic mass is 16.5. The first-order valence-electron chi connectivity index (χ1n) is 5.55. The zero-order chi connectivity index (χ0) is 12.2. The smallest absolute Gasteiger partial charge is 0.218 e. The van der Waals surface area contributed by atoms with Crippen LogP contribution in [0.2, 0.25) is 0 Å². The predicted octanol–water partition coefficient (Wildman–Crippen LogP) is 2.58. The summed E-state index contributed by atoms with van der Waals surface area (Å²) in [6.45, 7) is 9.81. The number of ether oxygens (including phenoxy) is 1. The first-order chi connectivity index (χ1) is 7.45. The lowest BCUT2D eigenvalue weighted by molar-refractivity contribution is 0.269.